The van der Waals surface area contributed by atoms with Crippen molar-refractivity contribution >= 4 is 11.6 Å². The highest BCUT2D eigenvalue weighted by atomic mass is 35.5. The molecule has 0 N–H and O–H groups in total. The Morgan fingerprint density at radius 1 is 1.00 bits per heavy atom. The van der Waals surface area contributed by atoms with Crippen LogP contribution in [0.1, 0.15) is 22.3 Å². The van der Waals surface area contributed by atoms with E-state index >= 15 is 0 Å². The summed E-state index contributed by atoms with van der Waals surface area (Å²) in [7, 11) is 0. The summed E-state index contributed by atoms with van der Waals surface area (Å²) in [5, 5.41) is 0. The molecule has 1 nitrogen and oxygen atoms in total. The van der Waals surface area contributed by atoms with Crippen molar-refractivity contribution in [1.29, 1.82) is 0 Å². The molecule has 0 atom stereocenters. The molecular formula is C16H17ClO. The van der Waals surface area contributed by atoms with Gasteiger partial charge in [0, 0.05) is 5.88 Å². The standard InChI is InChI=1S/C16H17ClO/c1-12-7-8-13(2)16(9-12)18-11-15-6-4-3-5-14(15)10-17/h3-9H,10-11H2,1-2H3. The molecule has 0 radical (unpaired) electrons. The smallest absolute Gasteiger partial charge is 0.122 e. The van der Waals surface area contributed by atoms with E-state index < -0.39 is 0 Å². The Hall–Kier alpha value is -1.47. The molecule has 0 heterocycles. The summed E-state index contributed by atoms with van der Waals surface area (Å²) in [6, 6.07) is 14.3. The van der Waals surface area contributed by atoms with Crippen LogP contribution in [-0.2, 0) is 12.5 Å². The zero-order valence-corrected chi connectivity index (χ0v) is 11.5. The van der Waals surface area contributed by atoms with Crippen molar-refractivity contribution in [2.45, 2.75) is 26.3 Å². The average molecular weight is 261 g/mol. The molecule has 2 rings (SSSR count). The van der Waals surface area contributed by atoms with Crippen LogP contribution in [-0.4, -0.2) is 0 Å². The average Bonchev–Trinajstić information content (AvgIpc) is 2.40. The number of alkyl halides is 1. The highest BCUT2D eigenvalue weighted by Gasteiger charge is 2.04. The van der Waals surface area contributed by atoms with Gasteiger partial charge in [-0.1, -0.05) is 36.4 Å². The molecule has 0 saturated carbocycles. The predicted octanol–water partition coefficient (Wildman–Crippen LogP) is 4.62. The van der Waals surface area contributed by atoms with Crippen LogP contribution in [0.3, 0.4) is 0 Å². The van der Waals surface area contributed by atoms with Crippen molar-refractivity contribution in [1.82, 2.24) is 0 Å². The Bertz CT molecular complexity index is 534. The second-order valence-electron chi connectivity index (χ2n) is 4.46. The van der Waals surface area contributed by atoms with E-state index in [1.165, 1.54) is 5.56 Å². The number of aryl methyl sites for hydroxylation is 2. The van der Waals surface area contributed by atoms with Gasteiger partial charge in [0.1, 0.15) is 12.4 Å². The lowest BCUT2D eigenvalue weighted by molar-refractivity contribution is 0.303. The number of rotatable bonds is 4. The summed E-state index contributed by atoms with van der Waals surface area (Å²) < 4.78 is 5.89. The molecule has 0 saturated heterocycles. The molecule has 0 spiro atoms. The first kappa shape index (κ1) is 13.0. The summed E-state index contributed by atoms with van der Waals surface area (Å²) in [5.74, 6) is 1.46. The summed E-state index contributed by atoms with van der Waals surface area (Å²) in [5.41, 5.74) is 4.64. The van der Waals surface area contributed by atoms with E-state index in [9.17, 15) is 0 Å². The van der Waals surface area contributed by atoms with Gasteiger partial charge in [0.05, 0.1) is 0 Å². The molecule has 2 aromatic rings. The van der Waals surface area contributed by atoms with Gasteiger partial charge in [-0.25, -0.2) is 0 Å². The van der Waals surface area contributed by atoms with Gasteiger partial charge in [0.2, 0.25) is 0 Å². The summed E-state index contributed by atoms with van der Waals surface area (Å²) in [4.78, 5) is 0. The van der Waals surface area contributed by atoms with E-state index in [1.807, 2.05) is 18.2 Å². The fourth-order valence-electron chi connectivity index (χ4n) is 1.85. The molecule has 0 fully saturated rings. The number of halogens is 1. The van der Waals surface area contributed by atoms with Gasteiger partial charge < -0.3 is 4.74 Å². The summed E-state index contributed by atoms with van der Waals surface area (Å²) in [6.45, 7) is 4.69. The fraction of sp³-hybridized carbons (Fsp3) is 0.250. The third-order valence-corrected chi connectivity index (χ3v) is 3.28. The molecule has 2 aromatic carbocycles. The minimum Gasteiger partial charge on any atom is -0.489 e. The Morgan fingerprint density at radius 2 is 1.72 bits per heavy atom. The molecule has 0 amide bonds. The van der Waals surface area contributed by atoms with Crippen LogP contribution in [0.25, 0.3) is 0 Å². The van der Waals surface area contributed by atoms with Gasteiger partial charge in [-0.15, -0.1) is 11.6 Å². The van der Waals surface area contributed by atoms with E-state index in [0.29, 0.717) is 12.5 Å². The maximum Gasteiger partial charge on any atom is 0.122 e. The fourth-order valence-corrected chi connectivity index (χ4v) is 2.11. The Labute approximate surface area is 113 Å². The third-order valence-electron chi connectivity index (χ3n) is 2.99. The van der Waals surface area contributed by atoms with Crippen molar-refractivity contribution in [3.8, 4) is 5.75 Å². The van der Waals surface area contributed by atoms with E-state index in [-0.39, 0.29) is 0 Å². The second-order valence-corrected chi connectivity index (χ2v) is 4.73. The van der Waals surface area contributed by atoms with Gasteiger partial charge in [0.25, 0.3) is 0 Å². The zero-order chi connectivity index (χ0) is 13.0. The first-order valence-electron chi connectivity index (χ1n) is 6.03. The van der Waals surface area contributed by atoms with Crippen LogP contribution < -0.4 is 4.74 Å². The van der Waals surface area contributed by atoms with Crippen LogP contribution in [0.4, 0.5) is 0 Å². The number of hydrogen-bond acceptors (Lipinski definition) is 1. The van der Waals surface area contributed by atoms with Crippen molar-refractivity contribution in [3.63, 3.8) is 0 Å². The normalized spacial score (nSPS) is 10.4. The Morgan fingerprint density at radius 3 is 2.44 bits per heavy atom. The molecule has 0 bridgehead atoms. The Kier molecular flexibility index (Phi) is 4.27. The minimum absolute atomic E-state index is 0.520. The van der Waals surface area contributed by atoms with Crippen molar-refractivity contribution in [2.75, 3.05) is 0 Å². The van der Waals surface area contributed by atoms with Crippen LogP contribution in [0.2, 0.25) is 0 Å². The molecule has 2 heteroatoms. The van der Waals surface area contributed by atoms with Crippen molar-refractivity contribution in [2.24, 2.45) is 0 Å². The number of ether oxygens (including phenoxy) is 1. The van der Waals surface area contributed by atoms with Crippen LogP contribution in [0.5, 0.6) is 5.75 Å². The molecule has 0 aliphatic carbocycles. The van der Waals surface area contributed by atoms with Gasteiger partial charge in [-0.05, 0) is 42.2 Å². The summed E-state index contributed by atoms with van der Waals surface area (Å²) >= 11 is 5.91. The van der Waals surface area contributed by atoms with Crippen molar-refractivity contribution < 1.29 is 4.74 Å². The molecule has 18 heavy (non-hydrogen) atoms. The summed E-state index contributed by atoms with van der Waals surface area (Å²) in [6.07, 6.45) is 0. The van der Waals surface area contributed by atoms with Crippen molar-refractivity contribution in [3.05, 3.63) is 64.7 Å². The van der Waals surface area contributed by atoms with Crippen LogP contribution in [0, 0.1) is 13.8 Å². The molecule has 0 aromatic heterocycles. The highest BCUT2D eigenvalue weighted by Crippen LogP contribution is 2.21. The predicted molar refractivity (Wildman–Crippen MR) is 76.2 cm³/mol. The Balaban J connectivity index is 2.14. The first-order chi connectivity index (χ1) is 8.70. The molecule has 94 valence electrons. The SMILES string of the molecule is Cc1ccc(C)c(OCc2ccccc2CCl)c1. The zero-order valence-electron chi connectivity index (χ0n) is 10.7. The number of hydrogen-bond donors (Lipinski definition) is 0. The lowest BCUT2D eigenvalue weighted by Crippen LogP contribution is -2.00. The lowest BCUT2D eigenvalue weighted by Gasteiger charge is -2.12. The first-order valence-corrected chi connectivity index (χ1v) is 6.57. The highest BCUT2D eigenvalue weighted by molar-refractivity contribution is 6.17. The maximum absolute atomic E-state index is 5.91. The van der Waals surface area contributed by atoms with Gasteiger partial charge in [-0.2, -0.15) is 0 Å². The second kappa shape index (κ2) is 5.92. The van der Waals surface area contributed by atoms with E-state index in [2.05, 4.69) is 38.1 Å². The van der Waals surface area contributed by atoms with Gasteiger partial charge >= 0.3 is 0 Å². The quantitative estimate of drug-likeness (QED) is 0.729. The molecular weight excluding hydrogens is 244 g/mol. The van der Waals surface area contributed by atoms with E-state index in [1.54, 1.807) is 0 Å². The van der Waals surface area contributed by atoms with Crippen LogP contribution >= 0.6 is 11.6 Å². The molecule has 0 aliphatic rings. The molecule has 0 aliphatic heterocycles. The third kappa shape index (κ3) is 3.05. The monoisotopic (exact) mass is 260 g/mol. The topological polar surface area (TPSA) is 9.23 Å². The minimum atomic E-state index is 0.520. The largest absolute Gasteiger partial charge is 0.489 e. The van der Waals surface area contributed by atoms with Crippen LogP contribution in [0.15, 0.2) is 42.5 Å². The number of benzene rings is 2. The van der Waals surface area contributed by atoms with E-state index in [4.69, 9.17) is 16.3 Å². The van der Waals surface area contributed by atoms with Gasteiger partial charge in [-0.3, -0.25) is 0 Å². The van der Waals surface area contributed by atoms with E-state index in [0.717, 1.165) is 22.4 Å². The van der Waals surface area contributed by atoms with Gasteiger partial charge in [0.15, 0.2) is 0 Å². The lowest BCUT2D eigenvalue weighted by atomic mass is 10.1. The molecule has 0 unspecified atom stereocenters. The maximum atomic E-state index is 5.91.